The Labute approximate surface area is 605 Å². The Morgan fingerprint density at radius 3 is 1.70 bits per heavy atom. The largest absolute Gasteiger partial charge is 0.357 e. The van der Waals surface area contributed by atoms with Crippen molar-refractivity contribution < 1.29 is 14.4 Å². The summed E-state index contributed by atoms with van der Waals surface area (Å²) in [6, 6.07) is 42.7. The highest BCUT2D eigenvalue weighted by Gasteiger charge is 2.21. The summed E-state index contributed by atoms with van der Waals surface area (Å²) in [4.78, 5) is 77.7. The van der Waals surface area contributed by atoms with Crippen LogP contribution in [0.3, 0.4) is 0 Å². The number of aryl methyl sites for hydroxylation is 4. The van der Waals surface area contributed by atoms with Gasteiger partial charge in [0.05, 0.1) is 27.2 Å². The molecule has 14 aromatic rings. The predicted molar refractivity (Wildman–Crippen MR) is 413 cm³/mol. The summed E-state index contributed by atoms with van der Waals surface area (Å²) in [7, 11) is 0. The van der Waals surface area contributed by atoms with E-state index in [1.165, 1.54) is 50.3 Å². The number of unbranched alkanes of at least 4 members (excludes halogenated alkanes) is 2. The third-order valence-electron chi connectivity index (χ3n) is 17.5. The lowest BCUT2D eigenvalue weighted by Crippen LogP contribution is -2.24. The molecule has 0 aliphatic rings. The van der Waals surface area contributed by atoms with Crippen LogP contribution in [0.25, 0.3) is 44.1 Å². The molecule has 102 heavy (non-hydrogen) atoms. The monoisotopic (exact) mass is 1410 g/mol. The van der Waals surface area contributed by atoms with Gasteiger partial charge in [-0.3, -0.25) is 14.4 Å². The highest BCUT2D eigenvalue weighted by molar-refractivity contribution is 7.17. The number of aromatic nitrogens is 12. The summed E-state index contributed by atoms with van der Waals surface area (Å²) in [5, 5.41) is 28.5. The molecule has 0 saturated heterocycles. The van der Waals surface area contributed by atoms with Crippen molar-refractivity contribution in [2.75, 3.05) is 10.6 Å². The number of pyridine rings is 4. The van der Waals surface area contributed by atoms with E-state index < -0.39 is 0 Å². The Hall–Kier alpha value is -11.0. The van der Waals surface area contributed by atoms with Crippen LogP contribution in [0.5, 0.6) is 0 Å². The SMILES string of the molecule is CC(=N)/C(Cc1c[nH]c2ncccc12)=C(/C)NC(=O)CCCc1ccccc1.CCCCCC(=O)n1nc(C)c(Cc2c[nH]c3ncccc23)c1C.Cc1ccc(CNc2nc(Cl)c(Cc3c[nH]c4ncccc34)s2)cc1.Cc1ccc(CNc2ncc(C(=O)c3c[nH]c4ncccc34)s2)cc1. The van der Waals surface area contributed by atoms with Gasteiger partial charge in [-0.2, -0.15) is 5.10 Å². The minimum atomic E-state index is -0.0415. The third-order valence-corrected chi connectivity index (χ3v) is 19.9. The number of aromatic amines is 4. The van der Waals surface area contributed by atoms with Crippen molar-refractivity contribution in [3.05, 3.63) is 276 Å². The van der Waals surface area contributed by atoms with E-state index in [-0.39, 0.29) is 17.6 Å². The van der Waals surface area contributed by atoms with Gasteiger partial charge in [0, 0.05) is 139 Å². The number of hydrogen-bond acceptors (Lipinski definition) is 15. The lowest BCUT2D eigenvalue weighted by molar-refractivity contribution is -0.120. The number of amides is 1. The number of thiazole rings is 2. The average molecular weight is 1420 g/mol. The van der Waals surface area contributed by atoms with Crippen molar-refractivity contribution in [1.29, 1.82) is 5.41 Å². The highest BCUT2D eigenvalue weighted by Crippen LogP contribution is 2.32. The number of ketones is 1. The van der Waals surface area contributed by atoms with E-state index in [1.807, 2.05) is 94.0 Å². The number of rotatable bonds is 24. The topological polar surface area (TPSA) is 269 Å². The number of nitrogens with one attached hydrogen (secondary N) is 8. The summed E-state index contributed by atoms with van der Waals surface area (Å²) in [6.45, 7) is 15.3. The molecule has 1 amide bonds. The number of halogens is 1. The molecule has 0 aliphatic carbocycles. The highest BCUT2D eigenvalue weighted by atomic mass is 35.5. The fourth-order valence-electron chi connectivity index (χ4n) is 11.8. The lowest BCUT2D eigenvalue weighted by atomic mass is 10.00. The van der Waals surface area contributed by atoms with Crippen molar-refractivity contribution in [2.45, 2.75) is 126 Å². The maximum absolute atomic E-state index is 12.7. The fourth-order valence-corrected chi connectivity index (χ4v) is 13.8. The van der Waals surface area contributed by atoms with Gasteiger partial charge in [0.15, 0.2) is 10.3 Å². The van der Waals surface area contributed by atoms with Crippen molar-refractivity contribution in [3.8, 4) is 0 Å². The van der Waals surface area contributed by atoms with Crippen LogP contribution >= 0.6 is 34.3 Å². The van der Waals surface area contributed by atoms with E-state index in [0.717, 1.165) is 139 Å². The maximum Gasteiger partial charge on any atom is 0.247 e. The molecule has 19 nitrogen and oxygen atoms in total. The molecule has 0 fully saturated rings. The Morgan fingerprint density at radius 1 is 0.569 bits per heavy atom. The van der Waals surface area contributed by atoms with Gasteiger partial charge in [-0.05, 0) is 148 Å². The molecule has 8 N–H and O–H groups in total. The second-order valence-electron chi connectivity index (χ2n) is 25.1. The summed E-state index contributed by atoms with van der Waals surface area (Å²) in [5.74, 6) is 0.0452. The van der Waals surface area contributed by atoms with Crippen LogP contribution in [0.4, 0.5) is 10.3 Å². The molecule has 0 unspecified atom stereocenters. The Balaban J connectivity index is 0.000000137. The van der Waals surface area contributed by atoms with Gasteiger partial charge in [-0.15, -0.1) is 11.3 Å². The van der Waals surface area contributed by atoms with E-state index >= 15 is 0 Å². The Morgan fingerprint density at radius 2 is 1.11 bits per heavy atom. The minimum Gasteiger partial charge on any atom is -0.357 e. The zero-order valence-electron chi connectivity index (χ0n) is 58.3. The molecule has 22 heteroatoms. The van der Waals surface area contributed by atoms with Crippen molar-refractivity contribution in [3.63, 3.8) is 0 Å². The molecule has 11 heterocycles. The quantitative estimate of drug-likeness (QED) is 0.0159. The number of carbonyl (C=O) groups is 3. The number of anilines is 2. The Kier molecular flexibility index (Phi) is 24.7. The molecular formula is C80H83ClN16O3S2. The van der Waals surface area contributed by atoms with Crippen LogP contribution in [0.15, 0.2) is 194 Å². The molecule has 520 valence electrons. The smallest absolute Gasteiger partial charge is 0.247 e. The van der Waals surface area contributed by atoms with Crippen LogP contribution < -0.4 is 16.0 Å². The molecule has 0 atom stereocenters. The van der Waals surface area contributed by atoms with Crippen LogP contribution in [0.1, 0.15) is 146 Å². The van der Waals surface area contributed by atoms with E-state index in [4.69, 9.17) is 17.0 Å². The van der Waals surface area contributed by atoms with E-state index in [9.17, 15) is 14.4 Å². The van der Waals surface area contributed by atoms with Gasteiger partial charge in [-0.25, -0.2) is 34.6 Å². The summed E-state index contributed by atoms with van der Waals surface area (Å²) < 4.78 is 1.59. The number of benzene rings is 3. The molecule has 11 aromatic heterocycles. The normalized spacial score (nSPS) is 11.3. The zero-order valence-corrected chi connectivity index (χ0v) is 60.7. The van der Waals surface area contributed by atoms with E-state index in [2.05, 4.69) is 164 Å². The maximum atomic E-state index is 12.7. The molecular weight excluding hydrogens is 1330 g/mol. The first-order chi connectivity index (χ1) is 49.5. The van der Waals surface area contributed by atoms with Gasteiger partial charge in [-0.1, -0.05) is 133 Å². The second-order valence-corrected chi connectivity index (χ2v) is 27.5. The van der Waals surface area contributed by atoms with Crippen LogP contribution in [0.2, 0.25) is 5.15 Å². The number of hydrogen-bond donors (Lipinski definition) is 8. The first kappa shape index (κ1) is 72.3. The number of carbonyl (C=O) groups excluding carboxylic acids is 3. The summed E-state index contributed by atoms with van der Waals surface area (Å²) in [5.41, 5.74) is 18.6. The van der Waals surface area contributed by atoms with Gasteiger partial charge >= 0.3 is 0 Å². The van der Waals surface area contributed by atoms with Crippen LogP contribution in [-0.2, 0) is 43.6 Å². The molecule has 3 aromatic carbocycles. The molecule has 0 radical (unpaired) electrons. The van der Waals surface area contributed by atoms with Crippen molar-refractivity contribution >= 4 is 112 Å². The predicted octanol–water partition coefficient (Wildman–Crippen LogP) is 18.1. The molecule has 14 rings (SSSR count). The van der Waals surface area contributed by atoms with Gasteiger partial charge in [0.2, 0.25) is 17.6 Å². The van der Waals surface area contributed by atoms with Crippen LogP contribution in [0, 0.1) is 33.1 Å². The molecule has 0 bridgehead atoms. The van der Waals surface area contributed by atoms with Gasteiger partial charge in [0.1, 0.15) is 27.7 Å². The first-order valence-electron chi connectivity index (χ1n) is 34.1. The molecule has 0 aliphatic heterocycles. The number of nitrogens with zero attached hydrogens (tertiary/aromatic N) is 8. The van der Waals surface area contributed by atoms with Crippen LogP contribution in [-0.4, -0.2) is 82.9 Å². The molecule has 0 spiro atoms. The standard InChI is InChI=1S/C23H26N4O.C19H17ClN4S.C19H16N4OS.C19H24N4O/c1-16(24)21(14-19-15-26-23-20(19)11-7-13-25-23)17(2)27-22(28)12-6-10-18-8-4-3-5-9-18;1-12-4-6-13(7-5-12)10-23-19-24-17(20)16(25-19)9-14-11-22-18-15(14)3-2-8-21-18;1-12-4-6-13(7-5-12)9-22-19-23-11-16(25-19)17(24)15-10-21-18-14(15)3-2-8-20-18;1-4-5-6-9-18(24)23-14(3)17(13(2)22-23)11-15-12-21-19-16(15)8-7-10-20-19/h3-5,7-9,11,13,15,24H,6,10,12,14H2,1-2H3,(H,25,26)(H,27,28);2-8,11H,9-10H2,1H3,(H,21,22)(H,23,24);2-8,10-11H,9H2,1H3,(H,20,21)(H,22,23);7-8,10,12H,4-6,9,11H2,1-3H3,(H,20,21)/b21-17-,24-16?;;;. The summed E-state index contributed by atoms with van der Waals surface area (Å²) >= 11 is 9.31. The number of H-pyrrole nitrogens is 4. The van der Waals surface area contributed by atoms with E-state index in [1.54, 1.807) is 60.1 Å². The van der Waals surface area contributed by atoms with Gasteiger partial charge < -0.3 is 41.3 Å². The minimum absolute atomic E-state index is 0.00669. The third kappa shape index (κ3) is 18.9. The molecule has 0 saturated carbocycles. The fraction of sp³-hybridized carbons (Fsp3) is 0.237. The van der Waals surface area contributed by atoms with Crippen molar-refractivity contribution in [1.82, 2.24) is 64.9 Å². The van der Waals surface area contributed by atoms with Gasteiger partial charge in [0.25, 0.3) is 0 Å². The number of allylic oxidation sites excluding steroid dienone is 2. The average Bonchev–Trinajstić information content (AvgIpc) is 1.67. The second kappa shape index (κ2) is 34.9. The first-order valence-corrected chi connectivity index (χ1v) is 36.1. The van der Waals surface area contributed by atoms with E-state index in [0.29, 0.717) is 52.8 Å². The lowest BCUT2D eigenvalue weighted by Gasteiger charge is -2.13. The number of fused-ring (bicyclic) bond motifs is 4. The van der Waals surface area contributed by atoms with Crippen molar-refractivity contribution in [2.24, 2.45) is 0 Å². The summed E-state index contributed by atoms with van der Waals surface area (Å²) in [6.07, 6.45) is 24.2. The Bertz CT molecular complexity index is 5190. The zero-order chi connectivity index (χ0) is 71.5.